The number of hydrogen-bond acceptors (Lipinski definition) is 8. The molecule has 1 N–H and O–H groups in total. The van der Waals surface area contributed by atoms with E-state index in [1.807, 2.05) is 60.7 Å². The van der Waals surface area contributed by atoms with Gasteiger partial charge in [-0.3, -0.25) is 0 Å². The fourth-order valence-corrected chi connectivity index (χ4v) is 4.77. The van der Waals surface area contributed by atoms with Crippen LogP contribution in [0.3, 0.4) is 0 Å². The van der Waals surface area contributed by atoms with E-state index in [0.717, 1.165) is 11.1 Å². The molecule has 38 heavy (non-hydrogen) atoms. The van der Waals surface area contributed by atoms with Crippen LogP contribution in [0.4, 0.5) is 0 Å². The first-order valence-corrected chi connectivity index (χ1v) is 12.5. The molecule has 1 aliphatic rings. The lowest BCUT2D eigenvalue weighted by Crippen LogP contribution is -2.56. The first-order valence-electron chi connectivity index (χ1n) is 12.5. The van der Waals surface area contributed by atoms with Gasteiger partial charge in [0.2, 0.25) is 5.75 Å². The first-order chi connectivity index (χ1) is 18.6. The van der Waals surface area contributed by atoms with Crippen molar-refractivity contribution in [3.8, 4) is 17.2 Å². The average Bonchev–Trinajstić information content (AvgIpc) is 2.98. The summed E-state index contributed by atoms with van der Waals surface area (Å²) in [4.78, 5) is 0. The van der Waals surface area contributed by atoms with Crippen molar-refractivity contribution in [3.05, 3.63) is 89.5 Å². The predicted octanol–water partition coefficient (Wildman–Crippen LogP) is 4.46. The van der Waals surface area contributed by atoms with Gasteiger partial charge in [-0.05, 0) is 23.3 Å². The molecule has 8 nitrogen and oxygen atoms in total. The van der Waals surface area contributed by atoms with Gasteiger partial charge in [0.25, 0.3) is 0 Å². The van der Waals surface area contributed by atoms with Crippen molar-refractivity contribution in [2.24, 2.45) is 0 Å². The molecule has 1 saturated heterocycles. The zero-order valence-corrected chi connectivity index (χ0v) is 22.3. The first kappa shape index (κ1) is 27.9. The molecule has 1 heterocycles. The van der Waals surface area contributed by atoms with Gasteiger partial charge >= 0.3 is 0 Å². The van der Waals surface area contributed by atoms with E-state index in [2.05, 4.69) is 0 Å². The molecule has 8 heteroatoms. The minimum absolute atomic E-state index is 0.291. The number of ether oxygens (including phenoxy) is 7. The fourth-order valence-electron chi connectivity index (χ4n) is 4.77. The van der Waals surface area contributed by atoms with E-state index in [1.165, 1.54) is 0 Å². The third-order valence-electron chi connectivity index (χ3n) is 6.75. The second kappa shape index (κ2) is 13.1. The van der Waals surface area contributed by atoms with Gasteiger partial charge < -0.3 is 38.3 Å². The Hall–Kier alpha value is -3.14. The van der Waals surface area contributed by atoms with E-state index in [0.29, 0.717) is 42.4 Å². The molecule has 1 aliphatic heterocycles. The minimum atomic E-state index is -1.27. The Labute approximate surface area is 224 Å². The summed E-state index contributed by atoms with van der Waals surface area (Å²) in [5, 5.41) is 10.4. The topological polar surface area (TPSA) is 84.8 Å². The summed E-state index contributed by atoms with van der Waals surface area (Å²) < 4.78 is 42.0. The summed E-state index contributed by atoms with van der Waals surface area (Å²) in [7, 11) is 6.22. The van der Waals surface area contributed by atoms with Crippen molar-refractivity contribution >= 4 is 0 Å². The van der Waals surface area contributed by atoms with Gasteiger partial charge in [-0.2, -0.15) is 0 Å². The van der Waals surface area contributed by atoms with E-state index in [1.54, 1.807) is 40.6 Å². The van der Waals surface area contributed by atoms with E-state index >= 15 is 0 Å². The van der Waals surface area contributed by atoms with Crippen LogP contribution in [-0.4, -0.2) is 58.5 Å². The molecule has 3 aromatic rings. The zero-order valence-electron chi connectivity index (χ0n) is 22.3. The summed E-state index contributed by atoms with van der Waals surface area (Å²) in [5.41, 5.74) is 2.68. The van der Waals surface area contributed by atoms with Crippen molar-refractivity contribution in [1.82, 2.24) is 0 Å². The Morgan fingerprint density at radius 2 is 1.34 bits per heavy atom. The van der Waals surface area contributed by atoms with Crippen LogP contribution in [-0.2, 0) is 37.9 Å². The zero-order chi connectivity index (χ0) is 27.0. The number of rotatable bonds is 12. The molecule has 0 amide bonds. The lowest BCUT2D eigenvalue weighted by Gasteiger charge is -2.47. The molecule has 0 saturated carbocycles. The maximum Gasteiger partial charge on any atom is 0.203 e. The molecule has 0 aliphatic carbocycles. The van der Waals surface area contributed by atoms with Gasteiger partial charge in [-0.15, -0.1) is 0 Å². The molecule has 0 radical (unpaired) electrons. The van der Waals surface area contributed by atoms with Gasteiger partial charge in [0.15, 0.2) is 17.3 Å². The largest absolute Gasteiger partial charge is 0.493 e. The number of aliphatic hydroxyl groups excluding tert-OH is 1. The molecule has 0 unspecified atom stereocenters. The van der Waals surface area contributed by atoms with Gasteiger partial charge in [0.1, 0.15) is 12.2 Å². The Balaban J connectivity index is 1.69. The molecule has 1 fully saturated rings. The third-order valence-corrected chi connectivity index (χ3v) is 6.75. The third kappa shape index (κ3) is 6.11. The quantitative estimate of drug-likeness (QED) is 0.372. The molecule has 3 aromatic carbocycles. The molecule has 4 atom stereocenters. The van der Waals surface area contributed by atoms with Gasteiger partial charge in [-0.25, -0.2) is 0 Å². The summed E-state index contributed by atoms with van der Waals surface area (Å²) >= 11 is 0. The van der Waals surface area contributed by atoms with Gasteiger partial charge in [0.05, 0.1) is 47.3 Å². The summed E-state index contributed by atoms with van der Waals surface area (Å²) in [6.45, 7) is 0.421. The molecule has 0 spiro atoms. The standard InChI is InChI=1S/C30H36O8/c1-32-24-15-23(16-25(33-2)28(24)34-3)30(35-4)17-26(36-19-21-11-7-5-8-12-21)29(27(18-31)38-30)37-20-22-13-9-6-10-14-22/h5-16,26-27,29,31H,17-20H2,1-4H3/t26-,27-,29+,30-/m1/s1. The van der Waals surface area contributed by atoms with Gasteiger partial charge in [0, 0.05) is 19.1 Å². The SMILES string of the molecule is COc1cc([C@@]2(OC)C[C@@H](OCc3ccccc3)[C@H](OCc3ccccc3)[C@@H](CO)O2)cc(OC)c1OC. The Kier molecular flexibility index (Phi) is 9.60. The lowest BCUT2D eigenvalue weighted by atomic mass is 9.90. The van der Waals surface area contributed by atoms with Crippen molar-refractivity contribution in [2.45, 2.75) is 43.7 Å². The normalized spacial score (nSPS) is 23.1. The maximum absolute atomic E-state index is 10.4. The van der Waals surface area contributed by atoms with Crippen LogP contribution in [0.2, 0.25) is 0 Å². The fraction of sp³-hybridized carbons (Fsp3) is 0.400. The molecule has 0 bridgehead atoms. The van der Waals surface area contributed by atoms with E-state index in [-0.39, 0.29) is 6.61 Å². The van der Waals surface area contributed by atoms with E-state index < -0.39 is 24.1 Å². The van der Waals surface area contributed by atoms with Crippen molar-refractivity contribution < 1.29 is 38.3 Å². The second-order valence-corrected chi connectivity index (χ2v) is 9.01. The highest BCUT2D eigenvalue weighted by molar-refractivity contribution is 5.54. The van der Waals surface area contributed by atoms with Crippen LogP contribution in [0.5, 0.6) is 17.2 Å². The second-order valence-electron chi connectivity index (χ2n) is 9.01. The maximum atomic E-state index is 10.4. The highest BCUT2D eigenvalue weighted by atomic mass is 16.7. The van der Waals surface area contributed by atoms with Crippen molar-refractivity contribution in [1.29, 1.82) is 0 Å². The predicted molar refractivity (Wildman–Crippen MR) is 141 cm³/mol. The number of aliphatic hydroxyl groups is 1. The minimum Gasteiger partial charge on any atom is -0.493 e. The van der Waals surface area contributed by atoms with Crippen molar-refractivity contribution in [3.63, 3.8) is 0 Å². The monoisotopic (exact) mass is 524 g/mol. The highest BCUT2D eigenvalue weighted by Crippen LogP contribution is 2.46. The number of benzene rings is 3. The molecule has 0 aromatic heterocycles. The number of methoxy groups -OCH3 is 4. The average molecular weight is 525 g/mol. The van der Waals surface area contributed by atoms with Crippen LogP contribution in [0.15, 0.2) is 72.8 Å². The highest BCUT2D eigenvalue weighted by Gasteiger charge is 2.50. The van der Waals surface area contributed by atoms with Crippen LogP contribution < -0.4 is 14.2 Å². The Bertz CT molecular complexity index is 1110. The number of hydrogen-bond donors (Lipinski definition) is 1. The van der Waals surface area contributed by atoms with Crippen LogP contribution in [0.25, 0.3) is 0 Å². The smallest absolute Gasteiger partial charge is 0.203 e. The Morgan fingerprint density at radius 3 is 1.82 bits per heavy atom. The molecular formula is C30H36O8. The van der Waals surface area contributed by atoms with Crippen LogP contribution in [0.1, 0.15) is 23.1 Å². The summed E-state index contributed by atoms with van der Waals surface area (Å²) in [6.07, 6.45) is -1.45. The van der Waals surface area contributed by atoms with E-state index in [9.17, 15) is 5.11 Å². The molecule has 4 rings (SSSR count). The van der Waals surface area contributed by atoms with Crippen LogP contribution in [0, 0.1) is 0 Å². The van der Waals surface area contributed by atoms with Crippen LogP contribution >= 0.6 is 0 Å². The molecule has 204 valence electrons. The Morgan fingerprint density at radius 1 is 0.789 bits per heavy atom. The summed E-state index contributed by atoms with van der Waals surface area (Å²) in [5.74, 6) is 0.118. The lowest BCUT2D eigenvalue weighted by molar-refractivity contribution is -0.335. The van der Waals surface area contributed by atoms with Crippen molar-refractivity contribution in [2.75, 3.05) is 35.0 Å². The van der Waals surface area contributed by atoms with Gasteiger partial charge in [-0.1, -0.05) is 60.7 Å². The molecular weight excluding hydrogens is 488 g/mol. The summed E-state index contributed by atoms with van der Waals surface area (Å²) in [6, 6.07) is 23.4. The van der Waals surface area contributed by atoms with E-state index in [4.69, 9.17) is 33.2 Å².